The van der Waals surface area contributed by atoms with Gasteiger partial charge in [-0.2, -0.15) is 0 Å². The molecule has 0 unspecified atom stereocenters. The van der Waals surface area contributed by atoms with E-state index in [2.05, 4.69) is 24.5 Å². The van der Waals surface area contributed by atoms with Crippen LogP contribution in [0, 0.1) is 0 Å². The Labute approximate surface area is 70.2 Å². The van der Waals surface area contributed by atoms with Gasteiger partial charge in [-0.05, 0) is 18.6 Å². The Morgan fingerprint density at radius 1 is 1.36 bits per heavy atom. The summed E-state index contributed by atoms with van der Waals surface area (Å²) in [5.41, 5.74) is 7.21. The molecule has 0 fully saturated rings. The fraction of sp³-hybridized carbons (Fsp3) is 0.200. The summed E-state index contributed by atoms with van der Waals surface area (Å²) >= 11 is 1.85. The van der Waals surface area contributed by atoms with E-state index < -0.39 is 0 Å². The van der Waals surface area contributed by atoms with Crippen LogP contribution in [0.1, 0.15) is 22.2 Å². The van der Waals surface area contributed by atoms with E-state index >= 15 is 0 Å². The zero-order chi connectivity index (χ0) is 7.68. The van der Waals surface area contributed by atoms with Crippen LogP contribution in [0.5, 0.6) is 0 Å². The molecule has 1 aliphatic rings. The van der Waals surface area contributed by atoms with Gasteiger partial charge >= 0.3 is 0 Å². The molecule has 1 heterocycles. The third-order valence-electron chi connectivity index (χ3n) is 1.70. The Morgan fingerprint density at radius 2 is 2.18 bits per heavy atom. The molecule has 0 bridgehead atoms. The van der Waals surface area contributed by atoms with Crippen LogP contribution >= 0.6 is 11.3 Å². The summed E-state index contributed by atoms with van der Waals surface area (Å²) in [6, 6.07) is 2.23. The minimum Gasteiger partial charge on any atom is -0.140 e. The minimum absolute atomic E-state index is 1.12. The fourth-order valence-corrected chi connectivity index (χ4v) is 2.07. The Balaban J connectivity index is 2.56. The molecule has 1 aromatic heterocycles. The van der Waals surface area contributed by atoms with Crippen molar-refractivity contribution < 1.29 is 0 Å². The average molecular weight is 160 g/mol. The standard InChI is InChI=1S/C10H8S/c1-2-9-7-8-5-3-4-6-10(8)11-9/h5-7H,2H2,1H3. The van der Waals surface area contributed by atoms with Crippen molar-refractivity contribution in [2.24, 2.45) is 0 Å². The first-order valence-corrected chi connectivity index (χ1v) is 4.52. The Hall–Kier alpha value is -1.00. The third-order valence-corrected chi connectivity index (χ3v) is 2.95. The zero-order valence-corrected chi connectivity index (χ0v) is 7.16. The second-order valence-electron chi connectivity index (χ2n) is 2.46. The van der Waals surface area contributed by atoms with E-state index in [-0.39, 0.29) is 0 Å². The van der Waals surface area contributed by atoms with E-state index in [9.17, 15) is 0 Å². The highest BCUT2D eigenvalue weighted by molar-refractivity contribution is 7.13. The number of hydrogen-bond acceptors (Lipinski definition) is 1. The number of hydrogen-bond donors (Lipinski definition) is 0. The zero-order valence-electron chi connectivity index (χ0n) is 6.35. The van der Waals surface area contributed by atoms with E-state index in [1.54, 1.807) is 0 Å². The van der Waals surface area contributed by atoms with Crippen LogP contribution in [0.2, 0.25) is 0 Å². The van der Waals surface area contributed by atoms with E-state index in [1.807, 2.05) is 23.5 Å². The highest BCUT2D eigenvalue weighted by Crippen LogP contribution is 2.26. The predicted molar refractivity (Wildman–Crippen MR) is 49.7 cm³/mol. The van der Waals surface area contributed by atoms with Crippen molar-refractivity contribution in [2.75, 3.05) is 0 Å². The van der Waals surface area contributed by atoms with Crippen LogP contribution in [0.25, 0.3) is 12.2 Å². The first kappa shape index (κ1) is 6.69. The van der Waals surface area contributed by atoms with Crippen LogP contribution in [0.4, 0.5) is 0 Å². The summed E-state index contributed by atoms with van der Waals surface area (Å²) in [6.45, 7) is 2.18. The number of aryl methyl sites for hydroxylation is 1. The van der Waals surface area contributed by atoms with Gasteiger partial charge in [0.05, 0.1) is 0 Å². The molecule has 0 N–H and O–H groups in total. The molecule has 0 nitrogen and oxygen atoms in total. The molecule has 0 spiro atoms. The topological polar surface area (TPSA) is 0 Å². The first-order valence-electron chi connectivity index (χ1n) is 3.70. The quantitative estimate of drug-likeness (QED) is 0.562. The van der Waals surface area contributed by atoms with E-state index in [1.165, 1.54) is 15.3 Å². The average Bonchev–Trinajstić information content (AvgIpc) is 2.46. The Bertz CT molecular complexity index is 336. The van der Waals surface area contributed by atoms with Gasteiger partial charge < -0.3 is 0 Å². The molecule has 1 aliphatic carbocycles. The lowest BCUT2D eigenvalue weighted by atomic mass is 10.2. The summed E-state index contributed by atoms with van der Waals surface area (Å²) in [7, 11) is 0. The van der Waals surface area contributed by atoms with Gasteiger partial charge in [0, 0.05) is 21.4 Å². The molecule has 0 saturated carbocycles. The van der Waals surface area contributed by atoms with Gasteiger partial charge in [-0.15, -0.1) is 11.3 Å². The minimum atomic E-state index is 1.12. The molecule has 54 valence electrons. The lowest BCUT2D eigenvalue weighted by molar-refractivity contribution is 1.19. The Kier molecular flexibility index (Phi) is 1.56. The maximum Gasteiger partial charge on any atom is 0.0435 e. The molecule has 0 aromatic carbocycles. The van der Waals surface area contributed by atoms with Crippen molar-refractivity contribution in [3.63, 3.8) is 0 Å². The number of thiophene rings is 1. The highest BCUT2D eigenvalue weighted by atomic mass is 32.1. The molecule has 1 heteroatoms. The molecule has 0 radical (unpaired) electrons. The van der Waals surface area contributed by atoms with Crippen LogP contribution in [0.15, 0.2) is 17.5 Å². The molecule has 0 atom stereocenters. The van der Waals surface area contributed by atoms with Crippen molar-refractivity contribution >= 4 is 23.5 Å². The Morgan fingerprint density at radius 3 is 2.91 bits per heavy atom. The second kappa shape index (κ2) is 2.56. The van der Waals surface area contributed by atoms with Gasteiger partial charge in [-0.25, -0.2) is 0 Å². The smallest absolute Gasteiger partial charge is 0.0435 e. The van der Waals surface area contributed by atoms with E-state index in [4.69, 9.17) is 0 Å². The second-order valence-corrected chi connectivity index (χ2v) is 3.63. The number of rotatable bonds is 1. The molecular formula is C10H8S. The molecular weight excluding hydrogens is 152 g/mol. The van der Waals surface area contributed by atoms with Crippen LogP contribution in [-0.4, -0.2) is 0 Å². The number of fused-ring (bicyclic) bond motifs is 1. The lowest BCUT2D eigenvalue weighted by Crippen LogP contribution is -1.69. The van der Waals surface area contributed by atoms with Gasteiger partial charge in [-0.3, -0.25) is 0 Å². The maximum absolute atomic E-state index is 2.96. The van der Waals surface area contributed by atoms with Gasteiger partial charge in [0.2, 0.25) is 0 Å². The van der Waals surface area contributed by atoms with Gasteiger partial charge in [-0.1, -0.05) is 18.4 Å². The van der Waals surface area contributed by atoms with Gasteiger partial charge in [0.25, 0.3) is 0 Å². The predicted octanol–water partition coefficient (Wildman–Crippen LogP) is 3.10. The third kappa shape index (κ3) is 1.10. The van der Waals surface area contributed by atoms with Gasteiger partial charge in [0.1, 0.15) is 0 Å². The van der Waals surface area contributed by atoms with Crippen LogP contribution < -0.4 is 0 Å². The molecule has 2 rings (SSSR count). The van der Waals surface area contributed by atoms with Crippen LogP contribution in [-0.2, 0) is 6.42 Å². The summed E-state index contributed by atoms with van der Waals surface area (Å²) in [5, 5.41) is 0. The van der Waals surface area contributed by atoms with Crippen LogP contribution in [0.3, 0.4) is 0 Å². The molecule has 0 aliphatic heterocycles. The summed E-state index contributed by atoms with van der Waals surface area (Å²) in [4.78, 5) is 2.76. The summed E-state index contributed by atoms with van der Waals surface area (Å²) < 4.78 is 0. The highest BCUT2D eigenvalue weighted by Gasteiger charge is 2.03. The SMILES string of the molecule is CCc1cc2c(s1)C=C=C=C2. The van der Waals surface area contributed by atoms with E-state index in [0.717, 1.165) is 6.42 Å². The van der Waals surface area contributed by atoms with Crippen molar-refractivity contribution in [1.29, 1.82) is 0 Å². The largest absolute Gasteiger partial charge is 0.140 e. The molecule has 1 aromatic rings. The monoisotopic (exact) mass is 160 g/mol. The van der Waals surface area contributed by atoms with Crippen molar-refractivity contribution in [2.45, 2.75) is 13.3 Å². The molecule has 0 saturated heterocycles. The lowest BCUT2D eigenvalue weighted by Gasteiger charge is -1.87. The van der Waals surface area contributed by atoms with Crippen molar-refractivity contribution in [3.05, 3.63) is 32.8 Å². The summed E-state index contributed by atoms with van der Waals surface area (Å²) in [5.74, 6) is 0. The van der Waals surface area contributed by atoms with E-state index in [0.29, 0.717) is 0 Å². The fourth-order valence-electron chi connectivity index (χ4n) is 1.10. The normalized spacial score (nSPS) is 12.1. The summed E-state index contributed by atoms with van der Waals surface area (Å²) in [6.07, 6.45) is 5.11. The molecule has 0 amide bonds. The van der Waals surface area contributed by atoms with Crippen molar-refractivity contribution in [1.82, 2.24) is 0 Å². The first-order chi connectivity index (χ1) is 5.40. The maximum atomic E-state index is 2.96. The molecule has 11 heavy (non-hydrogen) atoms. The van der Waals surface area contributed by atoms with Crippen molar-refractivity contribution in [3.8, 4) is 0 Å². The van der Waals surface area contributed by atoms with Gasteiger partial charge in [0.15, 0.2) is 0 Å².